The summed E-state index contributed by atoms with van der Waals surface area (Å²) in [5.41, 5.74) is 2.90. The molecule has 1 atom stereocenters. The highest BCUT2D eigenvalue weighted by molar-refractivity contribution is 5.95. The van der Waals surface area contributed by atoms with Gasteiger partial charge in [0.1, 0.15) is 12.0 Å². The first-order valence-electron chi connectivity index (χ1n) is 12.5. The molecule has 0 spiro atoms. The van der Waals surface area contributed by atoms with Crippen LogP contribution in [0.3, 0.4) is 0 Å². The largest absolute Gasteiger partial charge is 0.493 e. The Morgan fingerprint density at radius 1 is 1.07 bits per heavy atom. The number of rotatable bonds is 11. The van der Waals surface area contributed by atoms with Gasteiger partial charge < -0.3 is 30.7 Å². The number of halogens is 3. The van der Waals surface area contributed by atoms with Crippen molar-refractivity contribution < 1.29 is 37.7 Å². The highest BCUT2D eigenvalue weighted by Crippen LogP contribution is 2.42. The lowest BCUT2D eigenvalue weighted by atomic mass is 9.81. The number of nitrogens with one attached hydrogen (secondary N) is 1. The summed E-state index contributed by atoms with van der Waals surface area (Å²) < 4.78 is 54.9. The second-order valence-electron chi connectivity index (χ2n) is 9.90. The standard InChI is InChI=1S/C29H31F3N4O5/c1-27(2,34)21-13-22(19-6-4-18(15-33)5-7-19)36-25(14-21)28(17-38,29(30,31)32)16-35-26(39)20-8-9-23(41-11-10-37)24(12-20)40-3/h4-9,12-14,37-38H,10-11,16-17,34H2,1-3H3,(H,35,39). The van der Waals surface area contributed by atoms with E-state index in [1.165, 1.54) is 43.5 Å². The maximum absolute atomic E-state index is 14.8. The van der Waals surface area contributed by atoms with Crippen LogP contribution in [0, 0.1) is 11.3 Å². The van der Waals surface area contributed by atoms with Gasteiger partial charge in [0.2, 0.25) is 0 Å². The molecule has 1 aromatic heterocycles. The lowest BCUT2D eigenvalue weighted by Crippen LogP contribution is -2.54. The topological polar surface area (TPSA) is 151 Å². The van der Waals surface area contributed by atoms with Crippen molar-refractivity contribution in [3.05, 3.63) is 77.0 Å². The second-order valence-corrected chi connectivity index (χ2v) is 9.90. The van der Waals surface area contributed by atoms with Crippen LogP contribution in [-0.4, -0.2) is 60.8 Å². The SMILES string of the molecule is COc1cc(C(=O)NCC(CO)(c2cc(C(C)(C)N)cc(-c3ccc(C#N)cc3)n2)C(F)(F)F)ccc1OCCO. The van der Waals surface area contributed by atoms with E-state index in [0.29, 0.717) is 16.7 Å². The molecule has 41 heavy (non-hydrogen) atoms. The number of nitriles is 1. The van der Waals surface area contributed by atoms with E-state index in [9.17, 15) is 23.1 Å². The maximum Gasteiger partial charge on any atom is 0.403 e. The first-order valence-corrected chi connectivity index (χ1v) is 12.5. The van der Waals surface area contributed by atoms with Gasteiger partial charge in [-0.2, -0.15) is 18.4 Å². The zero-order valence-electron chi connectivity index (χ0n) is 22.7. The molecular formula is C29H31F3N4O5. The summed E-state index contributed by atoms with van der Waals surface area (Å²) in [5.74, 6) is -0.484. The van der Waals surface area contributed by atoms with Crippen molar-refractivity contribution in [2.45, 2.75) is 31.0 Å². The molecule has 3 rings (SSSR count). The Kier molecular flexibility index (Phi) is 9.60. The third kappa shape index (κ3) is 6.94. The lowest BCUT2D eigenvalue weighted by molar-refractivity contribution is -0.200. The summed E-state index contributed by atoms with van der Waals surface area (Å²) in [7, 11) is 1.33. The second kappa shape index (κ2) is 12.6. The molecule has 12 heteroatoms. The number of carbonyl (C=O) groups excluding carboxylic acids is 1. The molecule has 9 nitrogen and oxygen atoms in total. The van der Waals surface area contributed by atoms with E-state index in [1.54, 1.807) is 32.0 Å². The number of pyridine rings is 1. The number of amides is 1. The van der Waals surface area contributed by atoms with Gasteiger partial charge in [-0.1, -0.05) is 12.1 Å². The average molecular weight is 573 g/mol. The van der Waals surface area contributed by atoms with E-state index in [2.05, 4.69) is 10.3 Å². The number of aliphatic hydroxyl groups excluding tert-OH is 2. The Morgan fingerprint density at radius 3 is 2.29 bits per heavy atom. The van der Waals surface area contributed by atoms with Gasteiger partial charge in [0.25, 0.3) is 5.91 Å². The zero-order chi connectivity index (χ0) is 30.4. The van der Waals surface area contributed by atoms with E-state index >= 15 is 0 Å². The predicted octanol–water partition coefficient (Wildman–Crippen LogP) is 3.42. The fourth-order valence-electron chi connectivity index (χ4n) is 3.99. The number of aliphatic hydroxyl groups is 2. The Labute approximate surface area is 235 Å². The Hall–Kier alpha value is -4.18. The number of benzene rings is 2. The molecule has 5 N–H and O–H groups in total. The predicted molar refractivity (Wildman–Crippen MR) is 144 cm³/mol. The van der Waals surface area contributed by atoms with Crippen LogP contribution in [0.15, 0.2) is 54.6 Å². The summed E-state index contributed by atoms with van der Waals surface area (Å²) in [6.45, 7) is 0.504. The van der Waals surface area contributed by atoms with Crippen LogP contribution in [-0.2, 0) is 11.0 Å². The van der Waals surface area contributed by atoms with Crippen molar-refractivity contribution in [1.29, 1.82) is 5.26 Å². The van der Waals surface area contributed by atoms with Gasteiger partial charge in [-0.15, -0.1) is 0 Å². The normalized spacial score (nSPS) is 13.2. The van der Waals surface area contributed by atoms with Crippen LogP contribution in [0.4, 0.5) is 13.2 Å². The number of aromatic nitrogens is 1. The number of nitrogens with zero attached hydrogens (tertiary/aromatic N) is 2. The highest BCUT2D eigenvalue weighted by atomic mass is 19.4. The van der Waals surface area contributed by atoms with Crippen molar-refractivity contribution in [2.75, 3.05) is 33.5 Å². The minimum absolute atomic E-state index is 0.0183. The number of ether oxygens (including phenoxy) is 2. The first-order chi connectivity index (χ1) is 19.3. The summed E-state index contributed by atoms with van der Waals surface area (Å²) in [5, 5.41) is 30.6. The number of hydrogen-bond acceptors (Lipinski definition) is 8. The molecule has 0 bridgehead atoms. The first kappa shape index (κ1) is 31.3. The molecule has 1 amide bonds. The Bertz CT molecular complexity index is 1420. The van der Waals surface area contributed by atoms with E-state index in [1.807, 2.05) is 6.07 Å². The van der Waals surface area contributed by atoms with Gasteiger partial charge in [0.15, 0.2) is 11.5 Å². The molecule has 0 aliphatic heterocycles. The van der Waals surface area contributed by atoms with Crippen LogP contribution in [0.1, 0.15) is 41.0 Å². The molecule has 1 heterocycles. The molecule has 0 radical (unpaired) electrons. The van der Waals surface area contributed by atoms with E-state index in [-0.39, 0.29) is 36.0 Å². The average Bonchev–Trinajstić information content (AvgIpc) is 2.95. The van der Waals surface area contributed by atoms with Gasteiger partial charge in [-0.25, -0.2) is 0 Å². The highest BCUT2D eigenvalue weighted by Gasteiger charge is 2.57. The third-order valence-electron chi connectivity index (χ3n) is 6.51. The van der Waals surface area contributed by atoms with Crippen LogP contribution < -0.4 is 20.5 Å². The number of alkyl halides is 3. The number of carbonyl (C=O) groups is 1. The van der Waals surface area contributed by atoms with Gasteiger partial charge in [0.05, 0.1) is 43.3 Å². The Morgan fingerprint density at radius 2 is 1.76 bits per heavy atom. The summed E-state index contributed by atoms with van der Waals surface area (Å²) in [6, 6.07) is 14.8. The third-order valence-corrected chi connectivity index (χ3v) is 6.51. The quantitative estimate of drug-likeness (QED) is 0.273. The Balaban J connectivity index is 2.06. The lowest BCUT2D eigenvalue weighted by Gasteiger charge is -2.35. The van der Waals surface area contributed by atoms with Crippen molar-refractivity contribution in [3.8, 4) is 28.8 Å². The molecule has 0 aliphatic rings. The van der Waals surface area contributed by atoms with Gasteiger partial charge >= 0.3 is 6.18 Å². The van der Waals surface area contributed by atoms with E-state index in [0.717, 1.165) is 0 Å². The van der Waals surface area contributed by atoms with Crippen molar-refractivity contribution >= 4 is 5.91 Å². The minimum atomic E-state index is -5.04. The fraction of sp³-hybridized carbons (Fsp3) is 0.345. The summed E-state index contributed by atoms with van der Waals surface area (Å²) in [4.78, 5) is 17.2. The summed E-state index contributed by atoms with van der Waals surface area (Å²) >= 11 is 0. The van der Waals surface area contributed by atoms with Crippen molar-refractivity contribution in [2.24, 2.45) is 5.73 Å². The maximum atomic E-state index is 14.8. The molecular weight excluding hydrogens is 541 g/mol. The molecule has 0 fully saturated rings. The van der Waals surface area contributed by atoms with Crippen molar-refractivity contribution in [1.82, 2.24) is 10.3 Å². The zero-order valence-corrected chi connectivity index (χ0v) is 22.7. The fourth-order valence-corrected chi connectivity index (χ4v) is 3.99. The van der Waals surface area contributed by atoms with Crippen LogP contribution in [0.25, 0.3) is 11.3 Å². The van der Waals surface area contributed by atoms with Gasteiger partial charge in [-0.3, -0.25) is 9.78 Å². The van der Waals surface area contributed by atoms with Gasteiger partial charge in [0, 0.05) is 23.2 Å². The number of nitrogens with two attached hydrogens (primary N) is 1. The molecule has 2 aromatic carbocycles. The smallest absolute Gasteiger partial charge is 0.403 e. The molecule has 218 valence electrons. The van der Waals surface area contributed by atoms with Crippen molar-refractivity contribution in [3.63, 3.8) is 0 Å². The van der Waals surface area contributed by atoms with Crippen LogP contribution in [0.5, 0.6) is 11.5 Å². The van der Waals surface area contributed by atoms with E-state index in [4.69, 9.17) is 25.6 Å². The minimum Gasteiger partial charge on any atom is -0.493 e. The summed E-state index contributed by atoms with van der Waals surface area (Å²) in [6.07, 6.45) is -5.04. The molecule has 0 saturated carbocycles. The molecule has 0 saturated heterocycles. The molecule has 3 aromatic rings. The van der Waals surface area contributed by atoms with Gasteiger partial charge in [-0.05, 0) is 61.9 Å². The molecule has 0 aliphatic carbocycles. The number of hydrogen-bond donors (Lipinski definition) is 4. The monoisotopic (exact) mass is 572 g/mol. The van der Waals surface area contributed by atoms with Crippen LogP contribution >= 0.6 is 0 Å². The van der Waals surface area contributed by atoms with E-state index < -0.39 is 41.9 Å². The molecule has 1 unspecified atom stereocenters. The number of methoxy groups -OCH3 is 1. The van der Waals surface area contributed by atoms with Crippen LogP contribution in [0.2, 0.25) is 0 Å².